The Morgan fingerprint density at radius 3 is 1.07 bits per heavy atom. The molecule has 2 aliphatic rings. The monoisotopic (exact) mass is 934 g/mol. The summed E-state index contributed by atoms with van der Waals surface area (Å²) in [6, 6.07) is 19.1. The molecule has 0 N–H and O–H groups in total. The molecule has 0 radical (unpaired) electrons. The summed E-state index contributed by atoms with van der Waals surface area (Å²) in [6.45, 7) is 9.82. The zero-order valence-corrected chi connectivity index (χ0v) is 38.8. The topological polar surface area (TPSA) is 210 Å². The Kier molecular flexibility index (Phi) is 16.2. The van der Waals surface area contributed by atoms with Gasteiger partial charge >= 0.3 is 36.2 Å². The highest BCUT2D eigenvalue weighted by molar-refractivity contribution is 6.15. The normalized spacial score (nSPS) is 14.4. The first-order chi connectivity index (χ1) is 32.3. The van der Waals surface area contributed by atoms with E-state index in [-0.39, 0.29) is 33.8 Å². The predicted molar refractivity (Wildman–Crippen MR) is 242 cm³/mol. The van der Waals surface area contributed by atoms with Crippen molar-refractivity contribution in [1.82, 2.24) is 0 Å². The smallest absolute Gasteiger partial charge is 0.428 e. The van der Waals surface area contributed by atoms with Gasteiger partial charge in [-0.2, -0.15) is 0 Å². The Balaban J connectivity index is 1.32. The fourth-order valence-electron chi connectivity index (χ4n) is 7.68. The van der Waals surface area contributed by atoms with E-state index in [0.29, 0.717) is 25.7 Å². The van der Waals surface area contributed by atoms with E-state index in [4.69, 9.17) is 38.2 Å². The maximum Gasteiger partial charge on any atom is 0.514 e. The third-order valence-corrected chi connectivity index (χ3v) is 10.9. The summed E-state index contributed by atoms with van der Waals surface area (Å²) in [5.74, 6) is -8.27. The average molecular weight is 935 g/mol. The van der Waals surface area contributed by atoms with Crippen LogP contribution in [0.15, 0.2) is 84.9 Å². The molecule has 0 bridgehead atoms. The molecule has 16 nitrogen and oxygen atoms in total. The Morgan fingerprint density at radius 2 is 0.721 bits per heavy atom. The molecule has 0 spiro atoms. The van der Waals surface area contributed by atoms with Crippen LogP contribution in [0.5, 0.6) is 23.0 Å². The van der Waals surface area contributed by atoms with Gasteiger partial charge in [-0.05, 0) is 116 Å². The first kappa shape index (κ1) is 50.1. The number of hydrogen-bond acceptors (Lipinski definition) is 16. The number of para-hydroxylation sites is 4. The second kappa shape index (κ2) is 22.0. The fourth-order valence-corrected chi connectivity index (χ4v) is 7.68. The standard InChI is InChI=1S/C52H54O16/c1-51(2,3)65-49(59)61-39-29-15-13-23-33(39)41(53)35-25-17-27-37(43(35)63-45(55)31-19-9-7-10-20-31)47(57)67-68-48(58)38-28-18-26-36(44(38)64-46(56)32-21-11-8-12-22-32)42(54)34-24-14-16-30-40(34)62-50(60)66-52(4,5)6/h13-18,23-32H,7-12,19-22H2,1-6H3. The molecule has 0 amide bonds. The van der Waals surface area contributed by atoms with Gasteiger partial charge in [-0.1, -0.05) is 74.9 Å². The molecular formula is C52H54O16. The number of rotatable bonds is 12. The maximum atomic E-state index is 14.3. The Morgan fingerprint density at radius 1 is 0.397 bits per heavy atom. The second-order valence-corrected chi connectivity index (χ2v) is 18.4. The van der Waals surface area contributed by atoms with Gasteiger partial charge in [0.1, 0.15) is 33.8 Å². The van der Waals surface area contributed by atoms with E-state index in [1.165, 1.54) is 84.9 Å². The molecule has 0 unspecified atom stereocenters. The van der Waals surface area contributed by atoms with Gasteiger partial charge < -0.3 is 28.4 Å². The summed E-state index contributed by atoms with van der Waals surface area (Å²) in [5, 5.41) is 0. The lowest BCUT2D eigenvalue weighted by Crippen LogP contribution is -2.27. The van der Waals surface area contributed by atoms with Crippen molar-refractivity contribution in [1.29, 1.82) is 0 Å². The van der Waals surface area contributed by atoms with Crippen LogP contribution in [-0.4, -0.2) is 59.0 Å². The molecule has 0 aromatic heterocycles. The van der Waals surface area contributed by atoms with Crippen LogP contribution in [0.1, 0.15) is 158 Å². The molecule has 0 saturated heterocycles. The maximum absolute atomic E-state index is 14.3. The van der Waals surface area contributed by atoms with Gasteiger partial charge in [-0.25, -0.2) is 29.0 Å². The van der Waals surface area contributed by atoms with Gasteiger partial charge in [-0.15, -0.1) is 0 Å². The van der Waals surface area contributed by atoms with Gasteiger partial charge in [-0.3, -0.25) is 19.2 Å². The van der Waals surface area contributed by atoms with E-state index in [2.05, 4.69) is 0 Å². The molecule has 4 aromatic rings. The molecule has 2 aliphatic carbocycles. The van der Waals surface area contributed by atoms with Crippen molar-refractivity contribution < 1.29 is 76.6 Å². The Hall–Kier alpha value is -7.36. The molecule has 0 atom stereocenters. The van der Waals surface area contributed by atoms with Crippen LogP contribution < -0.4 is 18.9 Å². The minimum Gasteiger partial charge on any atom is -0.428 e. The largest absolute Gasteiger partial charge is 0.514 e. The zero-order valence-electron chi connectivity index (χ0n) is 38.8. The van der Waals surface area contributed by atoms with Crippen molar-refractivity contribution in [2.24, 2.45) is 11.8 Å². The quantitative estimate of drug-likeness (QED) is 0.0323. The highest BCUT2D eigenvalue weighted by Crippen LogP contribution is 2.36. The number of carbonyl (C=O) groups is 8. The van der Waals surface area contributed by atoms with Crippen molar-refractivity contribution in [3.05, 3.63) is 118 Å². The molecule has 0 aliphatic heterocycles. The molecule has 2 fully saturated rings. The van der Waals surface area contributed by atoms with Crippen LogP contribution in [0, 0.1) is 11.8 Å². The SMILES string of the molecule is CC(C)(C)OC(=O)Oc1ccccc1C(=O)c1cccc(C(=O)OOC(=O)c2cccc(C(=O)c3ccccc3OC(=O)OC(C)(C)C)c2OC(=O)C2CCCCC2)c1OC(=O)C1CCCCC1. The number of benzene rings is 4. The summed E-state index contributed by atoms with van der Waals surface area (Å²) < 4.78 is 33.1. The first-order valence-corrected chi connectivity index (χ1v) is 22.5. The molecule has 6 rings (SSSR count). The highest BCUT2D eigenvalue weighted by atomic mass is 17.2. The van der Waals surface area contributed by atoms with Crippen molar-refractivity contribution in [3.63, 3.8) is 0 Å². The van der Waals surface area contributed by atoms with Gasteiger partial charge in [0.2, 0.25) is 11.6 Å². The van der Waals surface area contributed by atoms with Crippen LogP contribution >= 0.6 is 0 Å². The molecule has 0 heterocycles. The van der Waals surface area contributed by atoms with E-state index in [1.54, 1.807) is 41.5 Å². The molecule has 358 valence electrons. The van der Waals surface area contributed by atoms with Crippen LogP contribution in [0.25, 0.3) is 0 Å². The van der Waals surface area contributed by atoms with Crippen molar-refractivity contribution in [2.75, 3.05) is 0 Å². The lowest BCUT2D eigenvalue weighted by Gasteiger charge is -2.22. The van der Waals surface area contributed by atoms with Crippen molar-refractivity contribution >= 4 is 47.8 Å². The second-order valence-electron chi connectivity index (χ2n) is 18.4. The fraction of sp³-hybridized carbons (Fsp3) is 0.385. The summed E-state index contributed by atoms with van der Waals surface area (Å²) in [6.07, 6.45) is 4.76. The van der Waals surface area contributed by atoms with Crippen LogP contribution in [0.3, 0.4) is 0 Å². The van der Waals surface area contributed by atoms with Crippen LogP contribution in [0.2, 0.25) is 0 Å². The van der Waals surface area contributed by atoms with E-state index in [1.807, 2.05) is 0 Å². The lowest BCUT2D eigenvalue weighted by atomic mass is 9.89. The summed E-state index contributed by atoms with van der Waals surface area (Å²) >= 11 is 0. The van der Waals surface area contributed by atoms with Crippen LogP contribution in [-0.2, 0) is 28.8 Å². The lowest BCUT2D eigenvalue weighted by molar-refractivity contribution is -0.187. The zero-order chi connectivity index (χ0) is 49.2. The number of esters is 2. The van der Waals surface area contributed by atoms with E-state index < -0.39 is 93.4 Å². The first-order valence-electron chi connectivity index (χ1n) is 22.5. The third-order valence-electron chi connectivity index (χ3n) is 10.9. The minimum absolute atomic E-state index is 0.144. The average Bonchev–Trinajstić information content (AvgIpc) is 3.30. The van der Waals surface area contributed by atoms with E-state index >= 15 is 0 Å². The highest BCUT2D eigenvalue weighted by Gasteiger charge is 2.34. The number of ether oxygens (including phenoxy) is 6. The van der Waals surface area contributed by atoms with Gasteiger partial charge in [0, 0.05) is 0 Å². The molecule has 2 saturated carbocycles. The third kappa shape index (κ3) is 13.2. The number of hydrogen-bond donors (Lipinski definition) is 0. The summed E-state index contributed by atoms with van der Waals surface area (Å²) in [4.78, 5) is 119. The minimum atomic E-state index is -1.38. The van der Waals surface area contributed by atoms with E-state index in [9.17, 15) is 38.4 Å². The Labute approximate surface area is 393 Å². The molecular weight excluding hydrogens is 881 g/mol. The van der Waals surface area contributed by atoms with E-state index in [0.717, 1.165) is 38.5 Å². The molecule has 4 aromatic carbocycles. The van der Waals surface area contributed by atoms with Crippen molar-refractivity contribution in [3.8, 4) is 23.0 Å². The number of carbonyl (C=O) groups excluding carboxylic acids is 8. The Bertz CT molecular complexity index is 2390. The van der Waals surface area contributed by atoms with Crippen LogP contribution in [0.4, 0.5) is 9.59 Å². The molecule has 68 heavy (non-hydrogen) atoms. The van der Waals surface area contributed by atoms with Gasteiger partial charge in [0.15, 0.2) is 11.5 Å². The predicted octanol–water partition coefficient (Wildman–Crippen LogP) is 10.7. The van der Waals surface area contributed by atoms with Gasteiger partial charge in [0.25, 0.3) is 0 Å². The summed E-state index contributed by atoms with van der Waals surface area (Å²) in [5.41, 5.74) is -3.70. The number of ketones is 2. The van der Waals surface area contributed by atoms with Gasteiger partial charge in [0.05, 0.1) is 34.1 Å². The van der Waals surface area contributed by atoms with Crippen molar-refractivity contribution in [2.45, 2.75) is 117 Å². The summed E-state index contributed by atoms with van der Waals surface area (Å²) in [7, 11) is 0. The molecule has 16 heteroatoms.